The van der Waals surface area contributed by atoms with Gasteiger partial charge in [-0.05, 0) is 74.1 Å². The lowest BCUT2D eigenvalue weighted by molar-refractivity contribution is -0.122. The molecule has 3 rings (SSSR count). The lowest BCUT2D eigenvalue weighted by atomic mass is 10.2. The van der Waals surface area contributed by atoms with Crippen molar-refractivity contribution >= 4 is 52.1 Å². The average molecular weight is 540 g/mol. The maximum atomic E-state index is 12.8. The molecule has 1 unspecified atom stereocenters. The molecule has 0 aromatic heterocycles. The van der Waals surface area contributed by atoms with Gasteiger partial charge in [0.05, 0.1) is 17.2 Å². The van der Waals surface area contributed by atoms with Crippen molar-refractivity contribution in [3.8, 4) is 11.5 Å². The van der Waals surface area contributed by atoms with Crippen LogP contribution in [0, 0.1) is 0 Å². The Morgan fingerprint density at radius 2 is 1.51 bits per heavy atom. The van der Waals surface area contributed by atoms with Gasteiger partial charge in [0.15, 0.2) is 11.2 Å². The number of rotatable bonds is 11. The number of nitrogens with one attached hydrogen (secondary N) is 3. The summed E-state index contributed by atoms with van der Waals surface area (Å²) in [5.41, 5.74) is 1.64. The fourth-order valence-corrected chi connectivity index (χ4v) is 3.70. The third-order valence-electron chi connectivity index (χ3n) is 5.28. The molecule has 1 atom stereocenters. The van der Waals surface area contributed by atoms with E-state index in [9.17, 15) is 9.59 Å². The first-order chi connectivity index (χ1) is 17.9. The number of para-hydroxylation sites is 2. The van der Waals surface area contributed by atoms with Crippen molar-refractivity contribution in [3.05, 3.63) is 83.4 Å². The van der Waals surface area contributed by atoms with Crippen LogP contribution in [-0.2, 0) is 4.79 Å². The number of carbonyl (C=O) groups excluding carboxylic acids is 2. The molecule has 7 nitrogen and oxygen atoms in total. The first-order valence-corrected chi connectivity index (χ1v) is 12.8. The minimum absolute atomic E-state index is 0.143. The van der Waals surface area contributed by atoms with E-state index in [1.165, 1.54) is 0 Å². The number of unbranched alkanes of at least 4 members (excludes halogenated alkanes) is 2. The van der Waals surface area contributed by atoms with Gasteiger partial charge >= 0.3 is 0 Å². The number of halogens is 1. The Bertz CT molecular complexity index is 1220. The predicted molar refractivity (Wildman–Crippen MR) is 152 cm³/mol. The zero-order chi connectivity index (χ0) is 26.6. The topological polar surface area (TPSA) is 88.7 Å². The highest BCUT2D eigenvalue weighted by Gasteiger charge is 2.17. The molecule has 0 spiro atoms. The number of ether oxygens (including phenoxy) is 2. The third-order valence-corrected chi connectivity index (χ3v) is 5.80. The summed E-state index contributed by atoms with van der Waals surface area (Å²) in [7, 11) is 0. The quantitative estimate of drug-likeness (QED) is 0.192. The second kappa shape index (κ2) is 14.2. The summed E-state index contributed by atoms with van der Waals surface area (Å²) in [5.74, 6) is 0.276. The normalized spacial score (nSPS) is 11.2. The Kier molecular flexibility index (Phi) is 10.7. The first-order valence-electron chi connectivity index (χ1n) is 12.0. The number of thiocarbonyl (C=S) groups is 1. The van der Waals surface area contributed by atoms with Gasteiger partial charge in [0.1, 0.15) is 11.5 Å². The fourth-order valence-electron chi connectivity index (χ4n) is 3.31. The SMILES string of the molecule is CCCCCOc1ccccc1C(=O)NC(=S)Nc1ccc(NC(=O)C(C)Oc2ccccc2Cl)cc1. The lowest BCUT2D eigenvalue weighted by Gasteiger charge is -2.16. The van der Waals surface area contributed by atoms with Gasteiger partial charge in [0, 0.05) is 11.4 Å². The molecule has 0 saturated heterocycles. The van der Waals surface area contributed by atoms with Crippen LogP contribution in [0.5, 0.6) is 11.5 Å². The third kappa shape index (κ3) is 8.77. The Hall–Kier alpha value is -3.62. The zero-order valence-corrected chi connectivity index (χ0v) is 22.3. The Morgan fingerprint density at radius 1 is 0.892 bits per heavy atom. The van der Waals surface area contributed by atoms with E-state index in [-0.39, 0.29) is 16.9 Å². The molecule has 3 aromatic carbocycles. The molecule has 0 fully saturated rings. The highest BCUT2D eigenvalue weighted by Crippen LogP contribution is 2.24. The summed E-state index contributed by atoms with van der Waals surface area (Å²) >= 11 is 11.4. The van der Waals surface area contributed by atoms with Gasteiger partial charge in [-0.2, -0.15) is 0 Å². The van der Waals surface area contributed by atoms with E-state index in [2.05, 4.69) is 22.9 Å². The van der Waals surface area contributed by atoms with Gasteiger partial charge in [-0.15, -0.1) is 0 Å². The summed E-state index contributed by atoms with van der Waals surface area (Å²) < 4.78 is 11.4. The first kappa shape index (κ1) is 28.0. The molecule has 0 aliphatic carbocycles. The monoisotopic (exact) mass is 539 g/mol. The molecular weight excluding hydrogens is 510 g/mol. The van der Waals surface area contributed by atoms with Crippen LogP contribution < -0.4 is 25.4 Å². The Balaban J connectivity index is 1.51. The average Bonchev–Trinajstić information content (AvgIpc) is 2.89. The van der Waals surface area contributed by atoms with Crippen molar-refractivity contribution in [2.24, 2.45) is 0 Å². The number of anilines is 2. The van der Waals surface area contributed by atoms with Crippen LogP contribution in [0.3, 0.4) is 0 Å². The van der Waals surface area contributed by atoms with Gasteiger partial charge < -0.3 is 20.1 Å². The van der Waals surface area contributed by atoms with Gasteiger partial charge in [-0.3, -0.25) is 14.9 Å². The number of amides is 2. The molecule has 0 heterocycles. The molecule has 0 bridgehead atoms. The van der Waals surface area contributed by atoms with E-state index >= 15 is 0 Å². The molecule has 0 radical (unpaired) electrons. The zero-order valence-electron chi connectivity index (χ0n) is 20.8. The number of carbonyl (C=O) groups is 2. The van der Waals surface area contributed by atoms with E-state index in [4.69, 9.17) is 33.3 Å². The smallest absolute Gasteiger partial charge is 0.265 e. The largest absolute Gasteiger partial charge is 0.493 e. The minimum Gasteiger partial charge on any atom is -0.493 e. The molecular formula is C28H30ClN3O4S. The maximum Gasteiger partial charge on any atom is 0.265 e. The van der Waals surface area contributed by atoms with Crippen molar-refractivity contribution in [2.75, 3.05) is 17.2 Å². The van der Waals surface area contributed by atoms with Crippen molar-refractivity contribution in [3.63, 3.8) is 0 Å². The molecule has 0 saturated carbocycles. The van der Waals surface area contributed by atoms with E-state index < -0.39 is 6.10 Å². The minimum atomic E-state index is -0.751. The van der Waals surface area contributed by atoms with Gasteiger partial charge in [0.25, 0.3) is 11.8 Å². The molecule has 3 aromatic rings. The standard InChI is InChI=1S/C28H30ClN3O4S/c1-3-4-9-18-35-24-12-7-5-10-22(24)27(34)32-28(37)31-21-16-14-20(15-17-21)30-26(33)19(2)36-25-13-8-6-11-23(25)29/h5-8,10-17,19H,3-4,9,18H2,1-2H3,(H,30,33)(H2,31,32,34,37). The second-order valence-corrected chi connectivity index (χ2v) is 9.03. The summed E-state index contributed by atoms with van der Waals surface area (Å²) in [6.45, 7) is 4.32. The van der Waals surface area contributed by atoms with E-state index in [0.29, 0.717) is 40.1 Å². The molecule has 194 valence electrons. The molecule has 37 heavy (non-hydrogen) atoms. The van der Waals surface area contributed by atoms with E-state index in [1.54, 1.807) is 73.7 Å². The Morgan fingerprint density at radius 3 is 2.19 bits per heavy atom. The van der Waals surface area contributed by atoms with Gasteiger partial charge in [0.2, 0.25) is 0 Å². The number of hydrogen-bond donors (Lipinski definition) is 3. The van der Waals surface area contributed by atoms with Crippen LogP contribution in [0.15, 0.2) is 72.8 Å². The number of hydrogen-bond acceptors (Lipinski definition) is 5. The maximum absolute atomic E-state index is 12.8. The Labute approximate surface area is 227 Å². The summed E-state index contributed by atoms with van der Waals surface area (Å²) in [5, 5.41) is 9.02. The lowest BCUT2D eigenvalue weighted by Crippen LogP contribution is -2.34. The van der Waals surface area contributed by atoms with E-state index in [0.717, 1.165) is 19.3 Å². The predicted octanol–water partition coefficient (Wildman–Crippen LogP) is 6.44. The van der Waals surface area contributed by atoms with Crippen LogP contribution in [0.25, 0.3) is 0 Å². The van der Waals surface area contributed by atoms with Crippen LogP contribution in [0.4, 0.5) is 11.4 Å². The molecule has 3 N–H and O–H groups in total. The van der Waals surface area contributed by atoms with Crippen molar-refractivity contribution in [1.82, 2.24) is 5.32 Å². The molecule has 9 heteroatoms. The van der Waals surface area contributed by atoms with Gasteiger partial charge in [-0.1, -0.05) is 55.6 Å². The van der Waals surface area contributed by atoms with Crippen LogP contribution in [0.1, 0.15) is 43.5 Å². The van der Waals surface area contributed by atoms with Crippen LogP contribution in [-0.4, -0.2) is 29.6 Å². The summed E-state index contributed by atoms with van der Waals surface area (Å²) in [6, 6.07) is 20.9. The van der Waals surface area contributed by atoms with Crippen molar-refractivity contribution < 1.29 is 19.1 Å². The van der Waals surface area contributed by atoms with E-state index in [1.807, 2.05) is 6.07 Å². The number of benzene rings is 3. The molecule has 0 aliphatic heterocycles. The second-order valence-electron chi connectivity index (χ2n) is 8.22. The highest BCUT2D eigenvalue weighted by molar-refractivity contribution is 7.80. The van der Waals surface area contributed by atoms with Crippen molar-refractivity contribution in [2.45, 2.75) is 39.2 Å². The van der Waals surface area contributed by atoms with Crippen LogP contribution in [0.2, 0.25) is 5.02 Å². The van der Waals surface area contributed by atoms with Crippen LogP contribution >= 0.6 is 23.8 Å². The fraction of sp³-hybridized carbons (Fsp3) is 0.250. The molecule has 0 aliphatic rings. The summed E-state index contributed by atoms with van der Waals surface area (Å²) in [4.78, 5) is 25.3. The van der Waals surface area contributed by atoms with Crippen molar-refractivity contribution in [1.29, 1.82) is 0 Å². The van der Waals surface area contributed by atoms with Gasteiger partial charge in [-0.25, -0.2) is 0 Å². The highest BCUT2D eigenvalue weighted by atomic mass is 35.5. The summed E-state index contributed by atoms with van der Waals surface area (Å²) in [6.07, 6.45) is 2.34. The molecule has 2 amide bonds.